The average molecular weight is 987 g/mol. The molecule has 72 heavy (non-hydrogen) atoms. The number of carboxylic acid groups (broad SMARTS) is 1. The zero-order valence-electron chi connectivity index (χ0n) is 39.9. The summed E-state index contributed by atoms with van der Waals surface area (Å²) in [6.07, 6.45) is 0.424. The van der Waals surface area contributed by atoms with Gasteiger partial charge in [-0.05, 0) is 123 Å². The average Bonchev–Trinajstić information content (AvgIpc) is 3.40. The molecular weight excluding hydrogens is 925 g/mol. The number of rotatable bonds is 30. The molecule has 5 atom stereocenters. The van der Waals surface area contributed by atoms with E-state index < -0.39 is 71.6 Å². The molecule has 22 heteroatoms. The Balaban J connectivity index is 1.86. The van der Waals surface area contributed by atoms with E-state index in [1.54, 1.807) is 97.1 Å². The largest absolute Gasteiger partial charge is 0.480 e. The predicted molar refractivity (Wildman–Crippen MR) is 267 cm³/mol. The Bertz CT molecular complexity index is 2340. The van der Waals surface area contributed by atoms with Gasteiger partial charge < -0.3 is 32.9 Å². The number of carbonyl (C=O) groups excluding carboxylic acids is 6. The minimum Gasteiger partial charge on any atom is -0.480 e. The molecule has 0 bridgehead atoms. The van der Waals surface area contributed by atoms with Crippen LogP contribution >= 0.6 is 0 Å². The first-order valence-corrected chi connectivity index (χ1v) is 23.7. The number of amides is 6. The van der Waals surface area contributed by atoms with E-state index in [0.717, 1.165) is 0 Å². The molecule has 6 amide bonds. The highest BCUT2D eigenvalue weighted by Crippen LogP contribution is 2.22. The van der Waals surface area contributed by atoms with Gasteiger partial charge in [0.2, 0.25) is 0 Å². The zero-order valence-corrected chi connectivity index (χ0v) is 39.9. The smallest absolute Gasteiger partial charge is 0.344 e. The number of imide groups is 1. The molecule has 0 saturated heterocycles. The van der Waals surface area contributed by atoms with Crippen LogP contribution in [0.5, 0.6) is 0 Å². The highest BCUT2D eigenvalue weighted by atomic mass is 16.4. The minimum atomic E-state index is -1.86. The summed E-state index contributed by atoms with van der Waals surface area (Å²) in [6, 6.07) is 24.1. The normalized spacial score (nSPS) is 12.8. The van der Waals surface area contributed by atoms with Gasteiger partial charge in [0.25, 0.3) is 23.6 Å². The molecule has 22 nitrogen and oxygen atoms in total. The van der Waals surface area contributed by atoms with Crippen LogP contribution in [0.25, 0.3) is 20.9 Å². The lowest BCUT2D eigenvalue weighted by molar-refractivity contribution is -0.161. The molecule has 0 radical (unpaired) electrons. The van der Waals surface area contributed by atoms with Crippen molar-refractivity contribution < 1.29 is 38.7 Å². The number of carbonyl (C=O) groups is 7. The number of nitrogens with zero attached hydrogens (tertiary/aromatic N) is 9. The van der Waals surface area contributed by atoms with Gasteiger partial charge in [-0.2, -0.15) is 19.8 Å². The first kappa shape index (κ1) is 56.5. The topological polar surface area (TPSA) is 349 Å². The third-order valence-corrected chi connectivity index (χ3v) is 11.6. The van der Waals surface area contributed by atoms with Gasteiger partial charge in [-0.15, -0.1) is 11.1 Å². The van der Waals surface area contributed by atoms with Gasteiger partial charge in [-0.1, -0.05) is 97.1 Å². The number of nitrogens with one attached hydrogen (secondary N) is 2. The summed E-state index contributed by atoms with van der Waals surface area (Å²) in [5.74, 6) is -7.56. The molecule has 0 fully saturated rings. The molecule has 5 unspecified atom stereocenters. The second-order valence-corrected chi connectivity index (χ2v) is 16.7. The molecule has 4 rings (SSSR count). The number of unbranched alkanes of at least 4 members (excludes halogenated alkanes) is 3. The summed E-state index contributed by atoms with van der Waals surface area (Å²) in [5.41, 5.74) is 38.1. The zero-order chi connectivity index (χ0) is 52.3. The molecule has 9 N–H and O–H groups in total. The summed E-state index contributed by atoms with van der Waals surface area (Å²) >= 11 is 0. The van der Waals surface area contributed by atoms with Crippen LogP contribution in [0.15, 0.2) is 132 Å². The monoisotopic (exact) mass is 986 g/mol. The maximum Gasteiger partial charge on any atom is 0.344 e. The molecule has 4 aromatic rings. The number of azide groups is 2. The molecule has 0 heterocycles. The van der Waals surface area contributed by atoms with Crippen molar-refractivity contribution in [2.24, 2.45) is 27.6 Å². The van der Waals surface area contributed by atoms with E-state index >= 15 is 9.59 Å². The Morgan fingerprint density at radius 3 is 1.15 bits per heavy atom. The minimum absolute atomic E-state index is 0.0746. The van der Waals surface area contributed by atoms with Crippen molar-refractivity contribution in [3.05, 3.63) is 164 Å². The lowest BCUT2D eigenvalue weighted by atomic mass is 9.99. The number of hydrogen-bond donors (Lipinski definition) is 6. The fourth-order valence-corrected chi connectivity index (χ4v) is 7.89. The quantitative estimate of drug-likeness (QED) is 0.0131. The van der Waals surface area contributed by atoms with Crippen molar-refractivity contribution in [3.8, 4) is 0 Å². The van der Waals surface area contributed by atoms with Gasteiger partial charge >= 0.3 is 17.8 Å². The molecule has 0 spiro atoms. The van der Waals surface area contributed by atoms with Crippen molar-refractivity contribution >= 4 is 41.4 Å². The molecule has 380 valence electrons. The first-order valence-electron chi connectivity index (χ1n) is 23.7. The Hall–Kier alpha value is -8.13. The van der Waals surface area contributed by atoms with Gasteiger partial charge in [0.15, 0.2) is 12.1 Å². The lowest BCUT2D eigenvalue weighted by Crippen LogP contribution is -2.62. The Kier molecular flexibility index (Phi) is 23.9. The summed E-state index contributed by atoms with van der Waals surface area (Å²) in [5, 5.41) is 24.7. The number of aliphatic carboxylic acids is 1. The molecule has 0 aromatic heterocycles. The first-order chi connectivity index (χ1) is 34.9. The van der Waals surface area contributed by atoms with Crippen LogP contribution in [0.2, 0.25) is 0 Å². The van der Waals surface area contributed by atoms with E-state index in [-0.39, 0.29) is 82.1 Å². The van der Waals surface area contributed by atoms with Crippen LogP contribution < -0.4 is 27.8 Å². The van der Waals surface area contributed by atoms with Crippen LogP contribution in [0, 0.1) is 0 Å². The number of nitrogens with two attached hydrogens (primary N) is 3. The fourth-order valence-electron chi connectivity index (χ4n) is 7.89. The summed E-state index contributed by atoms with van der Waals surface area (Å²) in [6.45, 7) is 0.489. The van der Waals surface area contributed by atoms with Crippen LogP contribution in [-0.4, -0.2) is 111 Å². The van der Waals surface area contributed by atoms with E-state index in [1.165, 1.54) is 24.3 Å². The second kappa shape index (κ2) is 30.5. The van der Waals surface area contributed by atoms with Gasteiger partial charge in [0.05, 0.1) is 11.1 Å². The summed E-state index contributed by atoms with van der Waals surface area (Å²) < 4.78 is 0. The molecule has 0 aliphatic rings. The maximum atomic E-state index is 15.3. The van der Waals surface area contributed by atoms with Crippen molar-refractivity contribution in [2.75, 3.05) is 19.6 Å². The predicted octanol–water partition coefficient (Wildman–Crippen LogP) is 5.11. The van der Waals surface area contributed by atoms with E-state index in [2.05, 4.69) is 30.9 Å². The van der Waals surface area contributed by atoms with Gasteiger partial charge in [0, 0.05) is 12.8 Å². The third kappa shape index (κ3) is 16.8. The van der Waals surface area contributed by atoms with E-state index in [1.807, 2.05) is 0 Å². The molecule has 0 aliphatic carbocycles. The standard InChI is InChI=1S/C50H62N14O8/c51-30-16-13-27-39(56-44(65)42(33-35-19-5-1-6-20-35)63(60-58-54)46(67)37-23-9-3-10-24-37)48(69)62(41(50(71)72)29-15-18-32-53)49(70)40(28-14-17-31-52)57-45(66)43(34-36-21-7-2-8-22-36)64(61-59-55)47(68)38-25-11-4-12-26-38/h1-12,19-26,39-43H,13-18,27-34,51-53H2,(H,56,65)(H,57,66)(H,71,72). The van der Waals surface area contributed by atoms with Gasteiger partial charge in [0.1, 0.15) is 18.1 Å². The molecule has 4 aromatic carbocycles. The fraction of sp³-hybridized carbons (Fsp3) is 0.380. The van der Waals surface area contributed by atoms with Gasteiger partial charge in [-0.25, -0.2) is 14.4 Å². The van der Waals surface area contributed by atoms with E-state index in [0.29, 0.717) is 45.3 Å². The van der Waals surface area contributed by atoms with Crippen LogP contribution in [0.4, 0.5) is 0 Å². The van der Waals surface area contributed by atoms with Gasteiger partial charge in [-0.3, -0.25) is 24.1 Å². The summed E-state index contributed by atoms with van der Waals surface area (Å²) in [7, 11) is 0. The Labute approximate surface area is 417 Å². The lowest BCUT2D eigenvalue weighted by Gasteiger charge is -2.35. The second-order valence-electron chi connectivity index (χ2n) is 16.7. The van der Waals surface area contributed by atoms with Crippen molar-refractivity contribution in [1.82, 2.24) is 25.6 Å². The summed E-state index contributed by atoms with van der Waals surface area (Å²) in [4.78, 5) is 108. The maximum absolute atomic E-state index is 15.3. The number of hydrogen-bond acceptors (Lipinski definition) is 12. The third-order valence-electron chi connectivity index (χ3n) is 11.6. The van der Waals surface area contributed by atoms with Crippen LogP contribution in [-0.2, 0) is 36.8 Å². The molecular formula is C50H62N14O8. The van der Waals surface area contributed by atoms with Crippen molar-refractivity contribution in [2.45, 2.75) is 101 Å². The number of carboxylic acids is 1. The number of benzene rings is 4. The van der Waals surface area contributed by atoms with Crippen molar-refractivity contribution in [3.63, 3.8) is 0 Å². The molecule has 0 aliphatic heterocycles. The molecule has 0 saturated carbocycles. The highest BCUT2D eigenvalue weighted by Gasteiger charge is 2.44. The highest BCUT2D eigenvalue weighted by molar-refractivity contribution is 6.06. The van der Waals surface area contributed by atoms with E-state index in [9.17, 15) is 40.1 Å². The van der Waals surface area contributed by atoms with E-state index in [4.69, 9.17) is 17.2 Å². The van der Waals surface area contributed by atoms with Crippen LogP contribution in [0.1, 0.15) is 89.6 Å². The Morgan fingerprint density at radius 1 is 0.500 bits per heavy atom. The SMILES string of the molecule is [N-]=[N+]=NN(C(=O)c1ccccc1)C(Cc1ccccc1)C(=O)NC(CCCCN)C(=O)N(C(=O)C(CCCCN)NC(=O)C(Cc1ccccc1)N(N=[N+]=[N-])C(=O)c1ccccc1)C(CCCCN)C(=O)O. The Morgan fingerprint density at radius 2 is 0.833 bits per heavy atom. The van der Waals surface area contributed by atoms with Crippen molar-refractivity contribution in [1.29, 1.82) is 0 Å². The van der Waals surface area contributed by atoms with Crippen LogP contribution in [0.3, 0.4) is 0 Å².